The Morgan fingerprint density at radius 2 is 1.50 bits per heavy atom. The molecule has 0 radical (unpaired) electrons. The summed E-state index contributed by atoms with van der Waals surface area (Å²) in [6.45, 7) is 3.58. The number of aliphatic carboxylic acids is 1. The molecule has 0 aliphatic carbocycles. The van der Waals surface area contributed by atoms with Crippen LogP contribution < -0.4 is 21.7 Å². The fourth-order valence-corrected chi connectivity index (χ4v) is 1.41. The lowest BCUT2D eigenvalue weighted by molar-refractivity contribution is -0.142. The summed E-state index contributed by atoms with van der Waals surface area (Å²) in [6.07, 6.45) is -1.26. The number of rotatable bonds is 8. The molecule has 0 aromatic carbocycles. The summed E-state index contributed by atoms with van der Waals surface area (Å²) in [6, 6.07) is -3.51. The zero-order valence-corrected chi connectivity index (χ0v) is 12.6. The second-order valence-corrected chi connectivity index (χ2v) is 4.79. The van der Waals surface area contributed by atoms with Crippen LogP contribution in [-0.4, -0.2) is 64.7 Å². The van der Waals surface area contributed by atoms with Crippen LogP contribution in [0.1, 0.15) is 20.8 Å². The van der Waals surface area contributed by atoms with Gasteiger partial charge in [-0.05, 0) is 20.8 Å². The van der Waals surface area contributed by atoms with Crippen molar-refractivity contribution >= 4 is 23.7 Å². The first kappa shape index (κ1) is 19.8. The summed E-state index contributed by atoms with van der Waals surface area (Å²) in [5.41, 5.74) is 5.10. The number of nitrogens with two attached hydrogens (primary N) is 1. The van der Waals surface area contributed by atoms with Gasteiger partial charge in [0.2, 0.25) is 17.7 Å². The first-order valence-corrected chi connectivity index (χ1v) is 6.61. The Labute approximate surface area is 127 Å². The van der Waals surface area contributed by atoms with E-state index in [0.717, 1.165) is 0 Å². The summed E-state index contributed by atoms with van der Waals surface area (Å²) in [7, 11) is 0. The highest BCUT2D eigenvalue weighted by Crippen LogP contribution is 1.97. The molecular formula is C12H22N4O6. The van der Waals surface area contributed by atoms with Crippen LogP contribution in [-0.2, 0) is 19.2 Å². The van der Waals surface area contributed by atoms with Crippen molar-refractivity contribution in [2.24, 2.45) is 5.73 Å². The van der Waals surface area contributed by atoms with Crippen LogP contribution in [0.4, 0.5) is 0 Å². The number of carbonyl (C=O) groups excluding carboxylic acids is 3. The van der Waals surface area contributed by atoms with E-state index in [0.29, 0.717) is 0 Å². The van der Waals surface area contributed by atoms with Gasteiger partial charge in [-0.2, -0.15) is 0 Å². The molecule has 0 saturated heterocycles. The molecule has 0 fully saturated rings. The lowest BCUT2D eigenvalue weighted by Crippen LogP contribution is -2.58. The Balaban J connectivity index is 4.76. The SMILES string of the molecule is CC(NC(=O)C(NC(=O)C(C)NC(=O)CN)C(C)O)C(=O)O. The van der Waals surface area contributed by atoms with E-state index in [1.165, 1.54) is 20.8 Å². The third-order valence-corrected chi connectivity index (χ3v) is 2.75. The first-order chi connectivity index (χ1) is 10.1. The number of carbonyl (C=O) groups is 4. The normalized spacial score (nSPS) is 15.9. The molecule has 4 atom stereocenters. The Bertz CT molecular complexity index is 439. The highest BCUT2D eigenvalue weighted by molar-refractivity contribution is 5.93. The maximum Gasteiger partial charge on any atom is 0.325 e. The average Bonchev–Trinajstić information content (AvgIpc) is 2.43. The fourth-order valence-electron chi connectivity index (χ4n) is 1.41. The molecule has 0 saturated carbocycles. The van der Waals surface area contributed by atoms with Crippen LogP contribution in [0.5, 0.6) is 0 Å². The lowest BCUT2D eigenvalue weighted by Gasteiger charge is -2.24. The van der Waals surface area contributed by atoms with Crippen molar-refractivity contribution in [2.75, 3.05) is 6.54 Å². The van der Waals surface area contributed by atoms with Crippen molar-refractivity contribution in [3.05, 3.63) is 0 Å². The number of aliphatic hydroxyl groups is 1. The monoisotopic (exact) mass is 318 g/mol. The van der Waals surface area contributed by atoms with E-state index in [2.05, 4.69) is 16.0 Å². The van der Waals surface area contributed by atoms with Gasteiger partial charge in [0.25, 0.3) is 0 Å². The molecule has 10 nitrogen and oxygen atoms in total. The quantitative estimate of drug-likeness (QED) is 0.275. The molecule has 0 spiro atoms. The van der Waals surface area contributed by atoms with Crippen molar-refractivity contribution in [1.29, 1.82) is 0 Å². The molecule has 0 heterocycles. The summed E-state index contributed by atoms with van der Waals surface area (Å²) >= 11 is 0. The van der Waals surface area contributed by atoms with E-state index >= 15 is 0 Å². The molecule has 10 heteroatoms. The number of aliphatic hydroxyl groups excluding tert-OH is 1. The molecule has 0 aromatic heterocycles. The molecule has 3 amide bonds. The number of carboxylic acid groups (broad SMARTS) is 1. The van der Waals surface area contributed by atoms with Crippen LogP contribution in [0.15, 0.2) is 0 Å². The maximum absolute atomic E-state index is 11.9. The van der Waals surface area contributed by atoms with Gasteiger partial charge in [0, 0.05) is 0 Å². The van der Waals surface area contributed by atoms with Crippen molar-refractivity contribution in [2.45, 2.75) is 45.0 Å². The van der Waals surface area contributed by atoms with Crippen LogP contribution in [0.2, 0.25) is 0 Å². The minimum atomic E-state index is -1.36. The predicted octanol–water partition coefficient (Wildman–Crippen LogP) is -3.10. The van der Waals surface area contributed by atoms with Crippen LogP contribution in [0.25, 0.3) is 0 Å². The Kier molecular flexibility index (Phi) is 8.05. The molecule has 0 aliphatic rings. The van der Waals surface area contributed by atoms with Crippen molar-refractivity contribution < 1.29 is 29.4 Å². The minimum absolute atomic E-state index is 0.298. The average molecular weight is 318 g/mol. The molecule has 0 rings (SSSR count). The molecular weight excluding hydrogens is 296 g/mol. The summed E-state index contributed by atoms with van der Waals surface area (Å²) < 4.78 is 0. The van der Waals surface area contributed by atoms with E-state index in [4.69, 9.17) is 10.8 Å². The number of hydrogen-bond donors (Lipinski definition) is 6. The third kappa shape index (κ3) is 6.50. The molecule has 22 heavy (non-hydrogen) atoms. The van der Waals surface area contributed by atoms with E-state index in [-0.39, 0.29) is 6.54 Å². The number of amides is 3. The van der Waals surface area contributed by atoms with Crippen molar-refractivity contribution in [3.63, 3.8) is 0 Å². The zero-order chi connectivity index (χ0) is 17.4. The van der Waals surface area contributed by atoms with Gasteiger partial charge in [-0.1, -0.05) is 0 Å². The Hall–Kier alpha value is -2.20. The topological polar surface area (TPSA) is 171 Å². The first-order valence-electron chi connectivity index (χ1n) is 6.61. The second-order valence-electron chi connectivity index (χ2n) is 4.79. The van der Waals surface area contributed by atoms with Gasteiger partial charge in [-0.15, -0.1) is 0 Å². The molecule has 0 aliphatic heterocycles. The van der Waals surface area contributed by atoms with Gasteiger partial charge in [0.1, 0.15) is 18.1 Å². The second kappa shape index (κ2) is 8.95. The molecule has 0 aromatic rings. The minimum Gasteiger partial charge on any atom is -0.480 e. The predicted molar refractivity (Wildman–Crippen MR) is 75.5 cm³/mol. The maximum atomic E-state index is 11.9. The Morgan fingerprint density at radius 1 is 0.955 bits per heavy atom. The van der Waals surface area contributed by atoms with Gasteiger partial charge in [-0.25, -0.2) is 0 Å². The zero-order valence-electron chi connectivity index (χ0n) is 12.6. The largest absolute Gasteiger partial charge is 0.480 e. The summed E-state index contributed by atoms with van der Waals surface area (Å²) in [5, 5.41) is 25.0. The van der Waals surface area contributed by atoms with Gasteiger partial charge in [-0.3, -0.25) is 19.2 Å². The van der Waals surface area contributed by atoms with Crippen molar-refractivity contribution in [3.8, 4) is 0 Å². The highest BCUT2D eigenvalue weighted by atomic mass is 16.4. The van der Waals surface area contributed by atoms with E-state index in [9.17, 15) is 24.3 Å². The van der Waals surface area contributed by atoms with E-state index in [1.807, 2.05) is 0 Å². The van der Waals surface area contributed by atoms with Gasteiger partial charge < -0.3 is 31.9 Å². The van der Waals surface area contributed by atoms with Crippen LogP contribution in [0, 0.1) is 0 Å². The van der Waals surface area contributed by atoms with Crippen LogP contribution in [0.3, 0.4) is 0 Å². The van der Waals surface area contributed by atoms with Crippen LogP contribution >= 0.6 is 0 Å². The lowest BCUT2D eigenvalue weighted by atomic mass is 10.1. The highest BCUT2D eigenvalue weighted by Gasteiger charge is 2.29. The van der Waals surface area contributed by atoms with E-state index in [1.54, 1.807) is 0 Å². The number of carboxylic acids is 1. The van der Waals surface area contributed by atoms with Gasteiger partial charge in [0.15, 0.2) is 0 Å². The summed E-state index contributed by atoms with van der Waals surface area (Å²) in [5.74, 6) is -3.38. The van der Waals surface area contributed by atoms with Crippen molar-refractivity contribution in [1.82, 2.24) is 16.0 Å². The number of nitrogens with one attached hydrogen (secondary N) is 3. The Morgan fingerprint density at radius 3 is 1.91 bits per heavy atom. The third-order valence-electron chi connectivity index (χ3n) is 2.75. The van der Waals surface area contributed by atoms with Gasteiger partial charge in [0.05, 0.1) is 12.6 Å². The standard InChI is InChI=1S/C12H22N4O6/c1-5(14-8(18)4-13)10(19)16-9(7(3)17)11(20)15-6(2)12(21)22/h5-7,9,17H,4,13H2,1-3H3,(H,14,18)(H,15,20)(H,16,19)(H,21,22). The van der Waals surface area contributed by atoms with E-state index < -0.39 is 47.9 Å². The fraction of sp³-hybridized carbons (Fsp3) is 0.667. The molecule has 4 unspecified atom stereocenters. The molecule has 0 bridgehead atoms. The molecule has 7 N–H and O–H groups in total. The number of hydrogen-bond acceptors (Lipinski definition) is 6. The smallest absolute Gasteiger partial charge is 0.325 e. The van der Waals surface area contributed by atoms with Gasteiger partial charge >= 0.3 is 5.97 Å². The molecule has 126 valence electrons. The summed E-state index contributed by atoms with van der Waals surface area (Å²) in [4.78, 5) is 45.5.